The van der Waals surface area contributed by atoms with Crippen molar-refractivity contribution in [2.45, 2.75) is 11.8 Å². The fraction of sp³-hybridized carbons (Fsp3) is 0.200. The average molecular weight is 326 g/mol. The van der Waals surface area contributed by atoms with Crippen LogP contribution in [0.25, 0.3) is 0 Å². The highest BCUT2D eigenvalue weighted by Gasteiger charge is 2.25. The van der Waals surface area contributed by atoms with Crippen LogP contribution in [0.4, 0.5) is 5.69 Å². The molecular formula is C15H16ClNO3S. The Morgan fingerprint density at radius 3 is 2.38 bits per heavy atom. The fourth-order valence-corrected chi connectivity index (χ4v) is 3.71. The molecule has 0 atom stereocenters. The van der Waals surface area contributed by atoms with E-state index >= 15 is 0 Å². The molecule has 0 spiro atoms. The first-order valence-electron chi connectivity index (χ1n) is 6.42. The van der Waals surface area contributed by atoms with Crippen molar-refractivity contribution in [2.24, 2.45) is 0 Å². The highest BCUT2D eigenvalue weighted by atomic mass is 35.5. The van der Waals surface area contributed by atoms with Gasteiger partial charge in [0, 0.05) is 11.6 Å². The van der Waals surface area contributed by atoms with E-state index in [2.05, 4.69) is 0 Å². The van der Waals surface area contributed by atoms with Gasteiger partial charge in [0.15, 0.2) is 0 Å². The summed E-state index contributed by atoms with van der Waals surface area (Å²) in [7, 11) is -2.16. The lowest BCUT2D eigenvalue weighted by atomic mass is 10.3. The molecule has 0 unspecified atom stereocenters. The van der Waals surface area contributed by atoms with Gasteiger partial charge in [-0.1, -0.05) is 29.8 Å². The summed E-state index contributed by atoms with van der Waals surface area (Å²) in [6, 6.07) is 13.2. The molecule has 0 bridgehead atoms. The van der Waals surface area contributed by atoms with Gasteiger partial charge in [-0.3, -0.25) is 4.31 Å². The Hall–Kier alpha value is -1.72. The molecule has 0 aliphatic rings. The summed E-state index contributed by atoms with van der Waals surface area (Å²) in [5.41, 5.74) is 0.427. The van der Waals surface area contributed by atoms with Gasteiger partial charge in [0.2, 0.25) is 0 Å². The number of hydrogen-bond acceptors (Lipinski definition) is 3. The SMILES string of the molecule is CCN(c1cc(Cl)ccc1OC)S(=O)(=O)c1ccccc1. The van der Waals surface area contributed by atoms with Crippen LogP contribution in [0.15, 0.2) is 53.4 Å². The first-order valence-corrected chi connectivity index (χ1v) is 8.24. The van der Waals surface area contributed by atoms with Gasteiger partial charge in [0.05, 0.1) is 17.7 Å². The number of ether oxygens (including phenoxy) is 1. The van der Waals surface area contributed by atoms with Crippen molar-refractivity contribution in [1.82, 2.24) is 0 Å². The van der Waals surface area contributed by atoms with E-state index < -0.39 is 10.0 Å². The molecule has 0 N–H and O–H groups in total. The Morgan fingerprint density at radius 1 is 1.14 bits per heavy atom. The molecule has 0 aliphatic heterocycles. The van der Waals surface area contributed by atoms with Crippen LogP contribution >= 0.6 is 11.6 Å². The second kappa shape index (κ2) is 6.37. The van der Waals surface area contributed by atoms with E-state index in [0.717, 1.165) is 0 Å². The molecule has 0 aromatic heterocycles. The van der Waals surface area contributed by atoms with E-state index in [9.17, 15) is 8.42 Å². The minimum absolute atomic E-state index is 0.230. The summed E-state index contributed by atoms with van der Waals surface area (Å²) in [5, 5.41) is 0.451. The second-order valence-corrected chi connectivity index (χ2v) is 6.60. The van der Waals surface area contributed by atoms with E-state index in [1.807, 2.05) is 0 Å². The van der Waals surface area contributed by atoms with Crippen LogP contribution < -0.4 is 9.04 Å². The van der Waals surface area contributed by atoms with Gasteiger partial charge in [-0.15, -0.1) is 0 Å². The zero-order valence-electron chi connectivity index (χ0n) is 11.8. The Bertz CT molecular complexity index is 717. The molecule has 0 saturated carbocycles. The zero-order valence-corrected chi connectivity index (χ0v) is 13.4. The van der Waals surface area contributed by atoms with Crippen molar-refractivity contribution in [3.63, 3.8) is 0 Å². The Balaban J connectivity index is 2.57. The largest absolute Gasteiger partial charge is 0.495 e. The summed E-state index contributed by atoms with van der Waals surface area (Å²) < 4.78 is 32.1. The highest BCUT2D eigenvalue weighted by Crippen LogP contribution is 2.34. The third-order valence-corrected chi connectivity index (χ3v) is 5.17. The lowest BCUT2D eigenvalue weighted by Crippen LogP contribution is -2.31. The maximum atomic E-state index is 12.8. The summed E-state index contributed by atoms with van der Waals surface area (Å²) >= 11 is 5.99. The van der Waals surface area contributed by atoms with Gasteiger partial charge >= 0.3 is 0 Å². The van der Waals surface area contributed by atoms with E-state index in [0.29, 0.717) is 16.5 Å². The molecule has 0 radical (unpaired) electrons. The molecule has 2 aromatic carbocycles. The molecule has 21 heavy (non-hydrogen) atoms. The molecule has 0 saturated heterocycles. The number of benzene rings is 2. The number of methoxy groups -OCH3 is 1. The number of halogens is 1. The van der Waals surface area contributed by atoms with Gasteiger partial charge < -0.3 is 4.74 Å². The average Bonchev–Trinajstić information content (AvgIpc) is 2.49. The van der Waals surface area contributed by atoms with Crippen LogP contribution in [0.3, 0.4) is 0 Å². The fourth-order valence-electron chi connectivity index (χ4n) is 2.05. The Kier molecular flexibility index (Phi) is 4.75. The van der Waals surface area contributed by atoms with Crippen LogP contribution in [0, 0.1) is 0 Å². The van der Waals surface area contributed by atoms with Crippen molar-refractivity contribution in [3.05, 3.63) is 53.6 Å². The third kappa shape index (κ3) is 3.14. The second-order valence-electron chi connectivity index (χ2n) is 4.30. The maximum Gasteiger partial charge on any atom is 0.264 e. The molecule has 2 aromatic rings. The van der Waals surface area contributed by atoms with E-state index in [1.165, 1.54) is 11.4 Å². The molecule has 6 heteroatoms. The molecule has 0 fully saturated rings. The molecule has 0 aliphatic carbocycles. The summed E-state index contributed by atoms with van der Waals surface area (Å²) in [6.45, 7) is 2.04. The van der Waals surface area contributed by atoms with Crippen molar-refractivity contribution < 1.29 is 13.2 Å². The van der Waals surface area contributed by atoms with Gasteiger partial charge in [0.1, 0.15) is 5.75 Å². The number of hydrogen-bond donors (Lipinski definition) is 0. The monoisotopic (exact) mass is 325 g/mol. The van der Waals surface area contributed by atoms with Crippen LogP contribution in [-0.2, 0) is 10.0 Å². The first kappa shape index (κ1) is 15.7. The van der Waals surface area contributed by atoms with Crippen LogP contribution in [0.5, 0.6) is 5.75 Å². The molecular weight excluding hydrogens is 310 g/mol. The minimum atomic E-state index is -3.66. The molecule has 2 rings (SSSR count). The lowest BCUT2D eigenvalue weighted by molar-refractivity contribution is 0.415. The molecule has 4 nitrogen and oxygen atoms in total. The van der Waals surface area contributed by atoms with E-state index in [4.69, 9.17) is 16.3 Å². The summed E-state index contributed by atoms with van der Waals surface area (Å²) in [5.74, 6) is 0.459. The van der Waals surface area contributed by atoms with Crippen LogP contribution in [0.1, 0.15) is 6.92 Å². The quantitative estimate of drug-likeness (QED) is 0.844. The summed E-state index contributed by atoms with van der Waals surface area (Å²) in [4.78, 5) is 0.230. The van der Waals surface area contributed by atoms with Gasteiger partial charge in [0.25, 0.3) is 10.0 Å². The first-order chi connectivity index (χ1) is 10.0. The Morgan fingerprint density at radius 2 is 1.81 bits per heavy atom. The van der Waals surface area contributed by atoms with Gasteiger partial charge in [-0.05, 0) is 37.3 Å². The molecule has 112 valence electrons. The third-order valence-electron chi connectivity index (χ3n) is 3.03. The lowest BCUT2D eigenvalue weighted by Gasteiger charge is -2.24. The van der Waals surface area contributed by atoms with Crippen molar-refractivity contribution >= 4 is 27.3 Å². The van der Waals surface area contributed by atoms with Gasteiger partial charge in [-0.2, -0.15) is 0 Å². The van der Waals surface area contributed by atoms with Gasteiger partial charge in [-0.25, -0.2) is 8.42 Å². The topological polar surface area (TPSA) is 46.6 Å². The van der Waals surface area contributed by atoms with E-state index in [-0.39, 0.29) is 11.4 Å². The van der Waals surface area contributed by atoms with E-state index in [1.54, 1.807) is 55.5 Å². The minimum Gasteiger partial charge on any atom is -0.495 e. The molecule has 0 heterocycles. The van der Waals surface area contributed by atoms with Crippen molar-refractivity contribution in [3.8, 4) is 5.75 Å². The summed E-state index contributed by atoms with van der Waals surface area (Å²) in [6.07, 6.45) is 0. The zero-order chi connectivity index (χ0) is 15.5. The maximum absolute atomic E-state index is 12.8. The predicted molar refractivity (Wildman–Crippen MR) is 84.7 cm³/mol. The predicted octanol–water partition coefficient (Wildman–Crippen LogP) is 3.56. The number of sulfonamides is 1. The Labute approximate surface area is 130 Å². The smallest absolute Gasteiger partial charge is 0.264 e. The van der Waals surface area contributed by atoms with Crippen LogP contribution in [0.2, 0.25) is 5.02 Å². The van der Waals surface area contributed by atoms with Crippen LogP contribution in [-0.4, -0.2) is 22.1 Å². The number of anilines is 1. The standard InChI is InChI=1S/C15H16ClNO3S/c1-3-17(14-11-12(16)9-10-15(14)20-2)21(18,19)13-7-5-4-6-8-13/h4-11H,3H2,1-2H3. The number of nitrogens with zero attached hydrogens (tertiary/aromatic N) is 1. The van der Waals surface area contributed by atoms with Crippen molar-refractivity contribution in [1.29, 1.82) is 0 Å². The number of rotatable bonds is 5. The highest BCUT2D eigenvalue weighted by molar-refractivity contribution is 7.92. The van der Waals surface area contributed by atoms with Crippen molar-refractivity contribution in [2.75, 3.05) is 18.0 Å². The molecule has 0 amide bonds. The normalized spacial score (nSPS) is 11.2.